The summed E-state index contributed by atoms with van der Waals surface area (Å²) in [5.41, 5.74) is -0.205. The second-order valence-electron chi connectivity index (χ2n) is 3.53. The van der Waals surface area contributed by atoms with Crippen LogP contribution in [-0.2, 0) is 9.59 Å². The molecular formula is C12H12O6. The van der Waals surface area contributed by atoms with Gasteiger partial charge in [-0.3, -0.25) is 14.4 Å². The number of esters is 2. The first kappa shape index (κ1) is 13.7. The Kier molecular flexibility index (Phi) is 4.04. The average Bonchev–Trinajstić information content (AvgIpc) is 2.20. The zero-order valence-corrected chi connectivity index (χ0v) is 10.1. The van der Waals surface area contributed by atoms with E-state index in [9.17, 15) is 19.5 Å². The van der Waals surface area contributed by atoms with E-state index < -0.39 is 23.5 Å². The molecule has 0 heterocycles. The summed E-state index contributed by atoms with van der Waals surface area (Å²) in [7, 11) is 0. The van der Waals surface area contributed by atoms with E-state index in [1.807, 2.05) is 0 Å². The quantitative estimate of drug-likeness (QED) is 0.497. The minimum absolute atomic E-state index is 0.0802. The molecular weight excluding hydrogens is 240 g/mol. The largest absolute Gasteiger partial charge is 0.504 e. The SMILES string of the molecule is CC(=O)Oc1ccc(OC(C)=O)c(C(C)=O)c1O. The van der Waals surface area contributed by atoms with Crippen molar-refractivity contribution in [1.82, 2.24) is 0 Å². The molecule has 6 heteroatoms. The van der Waals surface area contributed by atoms with Crippen LogP contribution in [0.25, 0.3) is 0 Å². The molecule has 0 fully saturated rings. The molecule has 0 atom stereocenters. The van der Waals surface area contributed by atoms with Gasteiger partial charge in [0.1, 0.15) is 11.3 Å². The van der Waals surface area contributed by atoms with E-state index in [2.05, 4.69) is 0 Å². The fourth-order valence-corrected chi connectivity index (χ4v) is 1.37. The summed E-state index contributed by atoms with van der Waals surface area (Å²) in [6.07, 6.45) is 0. The molecule has 0 saturated heterocycles. The van der Waals surface area contributed by atoms with Crippen LogP contribution in [0.2, 0.25) is 0 Å². The van der Waals surface area contributed by atoms with Crippen LogP contribution in [0, 0.1) is 0 Å². The number of benzene rings is 1. The van der Waals surface area contributed by atoms with Gasteiger partial charge >= 0.3 is 11.9 Å². The first-order valence-electron chi connectivity index (χ1n) is 5.06. The van der Waals surface area contributed by atoms with Crippen LogP contribution >= 0.6 is 0 Å². The molecule has 0 bridgehead atoms. The van der Waals surface area contributed by atoms with Gasteiger partial charge in [-0.1, -0.05) is 0 Å². The Hall–Kier alpha value is -2.37. The van der Waals surface area contributed by atoms with Crippen LogP contribution in [0.15, 0.2) is 12.1 Å². The number of hydrogen-bond donors (Lipinski definition) is 1. The molecule has 6 nitrogen and oxygen atoms in total. The molecule has 0 aliphatic heterocycles. The number of hydrogen-bond acceptors (Lipinski definition) is 6. The minimum atomic E-state index is -0.639. The van der Waals surface area contributed by atoms with Crippen molar-refractivity contribution >= 4 is 17.7 Å². The van der Waals surface area contributed by atoms with E-state index in [1.165, 1.54) is 26.0 Å². The highest BCUT2D eigenvalue weighted by molar-refractivity contribution is 6.01. The van der Waals surface area contributed by atoms with Crippen molar-refractivity contribution < 1.29 is 29.0 Å². The minimum Gasteiger partial charge on any atom is -0.504 e. The lowest BCUT2D eigenvalue weighted by molar-refractivity contribution is -0.133. The summed E-state index contributed by atoms with van der Waals surface area (Å²) in [6.45, 7) is 3.52. The molecule has 1 aromatic rings. The van der Waals surface area contributed by atoms with E-state index in [4.69, 9.17) is 9.47 Å². The maximum Gasteiger partial charge on any atom is 0.308 e. The van der Waals surface area contributed by atoms with Crippen LogP contribution in [0.5, 0.6) is 17.2 Å². The summed E-state index contributed by atoms with van der Waals surface area (Å²) in [6, 6.07) is 2.51. The van der Waals surface area contributed by atoms with Crippen molar-refractivity contribution in [3.8, 4) is 17.2 Å². The predicted octanol–water partition coefficient (Wildman–Crippen LogP) is 1.45. The molecule has 96 valence electrons. The van der Waals surface area contributed by atoms with E-state index in [1.54, 1.807) is 0 Å². The third kappa shape index (κ3) is 3.07. The average molecular weight is 252 g/mol. The van der Waals surface area contributed by atoms with E-state index in [0.717, 1.165) is 6.92 Å². The number of carbonyl (C=O) groups excluding carboxylic acids is 3. The maximum absolute atomic E-state index is 11.4. The predicted molar refractivity (Wildman–Crippen MR) is 60.7 cm³/mol. The zero-order chi connectivity index (χ0) is 13.9. The van der Waals surface area contributed by atoms with Crippen LogP contribution in [0.4, 0.5) is 0 Å². The molecule has 0 saturated carbocycles. The number of rotatable bonds is 3. The van der Waals surface area contributed by atoms with Gasteiger partial charge in [-0.2, -0.15) is 0 Å². The first-order chi connectivity index (χ1) is 8.32. The van der Waals surface area contributed by atoms with Gasteiger partial charge in [0.2, 0.25) is 0 Å². The summed E-state index contributed by atoms with van der Waals surface area (Å²) in [5, 5.41) is 9.81. The molecule has 0 aromatic heterocycles. The Morgan fingerprint density at radius 2 is 1.39 bits per heavy atom. The molecule has 0 unspecified atom stereocenters. The molecule has 0 amide bonds. The third-order valence-corrected chi connectivity index (χ3v) is 1.96. The molecule has 0 aliphatic carbocycles. The van der Waals surface area contributed by atoms with E-state index in [-0.39, 0.29) is 17.1 Å². The number of phenols is 1. The van der Waals surface area contributed by atoms with Crippen molar-refractivity contribution in [3.05, 3.63) is 17.7 Å². The summed E-state index contributed by atoms with van der Waals surface area (Å²) >= 11 is 0. The standard InChI is InChI=1S/C12H12O6/c1-6(13)11-9(17-7(2)14)4-5-10(12(11)16)18-8(3)15/h4-5,16H,1-3H3. The number of Topliss-reactive ketones (excluding diaryl/α,β-unsaturated/α-hetero) is 1. The number of ketones is 1. The highest BCUT2D eigenvalue weighted by Gasteiger charge is 2.20. The number of carbonyl (C=O) groups is 3. The van der Waals surface area contributed by atoms with Gasteiger partial charge < -0.3 is 14.6 Å². The molecule has 0 spiro atoms. The van der Waals surface area contributed by atoms with Crippen LogP contribution in [0.3, 0.4) is 0 Å². The lowest BCUT2D eigenvalue weighted by Crippen LogP contribution is -2.08. The number of aromatic hydroxyl groups is 1. The fourth-order valence-electron chi connectivity index (χ4n) is 1.37. The fraction of sp³-hybridized carbons (Fsp3) is 0.250. The van der Waals surface area contributed by atoms with Crippen LogP contribution < -0.4 is 9.47 Å². The summed E-state index contributed by atoms with van der Waals surface area (Å²) in [4.78, 5) is 33.1. The molecule has 0 aliphatic rings. The van der Waals surface area contributed by atoms with Crippen molar-refractivity contribution in [1.29, 1.82) is 0 Å². The lowest BCUT2D eigenvalue weighted by atomic mass is 10.1. The highest BCUT2D eigenvalue weighted by atomic mass is 16.5. The van der Waals surface area contributed by atoms with Crippen molar-refractivity contribution in [2.45, 2.75) is 20.8 Å². The van der Waals surface area contributed by atoms with Crippen molar-refractivity contribution in [2.24, 2.45) is 0 Å². The molecule has 0 radical (unpaired) electrons. The Balaban J connectivity index is 3.32. The Bertz CT molecular complexity index is 518. The van der Waals surface area contributed by atoms with Gasteiger partial charge in [-0.25, -0.2) is 0 Å². The molecule has 1 N–H and O–H groups in total. The topological polar surface area (TPSA) is 89.9 Å². The van der Waals surface area contributed by atoms with Crippen molar-refractivity contribution in [2.75, 3.05) is 0 Å². The van der Waals surface area contributed by atoms with Gasteiger partial charge in [-0.15, -0.1) is 0 Å². The second-order valence-corrected chi connectivity index (χ2v) is 3.53. The second kappa shape index (κ2) is 5.31. The van der Waals surface area contributed by atoms with Gasteiger partial charge in [0, 0.05) is 13.8 Å². The lowest BCUT2D eigenvalue weighted by Gasteiger charge is -2.11. The maximum atomic E-state index is 11.4. The number of ether oxygens (including phenoxy) is 2. The van der Waals surface area contributed by atoms with Crippen LogP contribution in [-0.4, -0.2) is 22.8 Å². The summed E-state index contributed by atoms with van der Waals surface area (Å²) < 4.78 is 9.50. The molecule has 1 aromatic carbocycles. The monoisotopic (exact) mass is 252 g/mol. The van der Waals surface area contributed by atoms with Gasteiger partial charge in [0.25, 0.3) is 0 Å². The van der Waals surface area contributed by atoms with Crippen LogP contribution in [0.1, 0.15) is 31.1 Å². The smallest absolute Gasteiger partial charge is 0.308 e. The molecule has 18 heavy (non-hydrogen) atoms. The summed E-state index contributed by atoms with van der Waals surface area (Å²) in [5.74, 6) is -2.56. The Morgan fingerprint density at radius 3 is 1.83 bits per heavy atom. The normalized spacial score (nSPS) is 9.72. The van der Waals surface area contributed by atoms with Gasteiger partial charge in [-0.05, 0) is 19.1 Å². The van der Waals surface area contributed by atoms with E-state index >= 15 is 0 Å². The van der Waals surface area contributed by atoms with Gasteiger partial charge in [0.05, 0.1) is 0 Å². The first-order valence-corrected chi connectivity index (χ1v) is 5.06. The van der Waals surface area contributed by atoms with Crippen molar-refractivity contribution in [3.63, 3.8) is 0 Å². The molecule has 1 rings (SSSR count). The van der Waals surface area contributed by atoms with E-state index in [0.29, 0.717) is 0 Å². The zero-order valence-electron chi connectivity index (χ0n) is 10.1. The van der Waals surface area contributed by atoms with Gasteiger partial charge in [0.15, 0.2) is 17.3 Å². The Morgan fingerprint density at radius 1 is 0.944 bits per heavy atom. The Labute approximate surface area is 103 Å². The highest BCUT2D eigenvalue weighted by Crippen LogP contribution is 2.37. The number of phenolic OH excluding ortho intramolecular Hbond substituents is 1. The third-order valence-electron chi connectivity index (χ3n) is 1.96.